The number of hydrogen-bond acceptors (Lipinski definition) is 6. The van der Waals surface area contributed by atoms with Crippen LogP contribution < -0.4 is 4.72 Å². The highest BCUT2D eigenvalue weighted by Gasteiger charge is 2.23. The molecule has 0 fully saturated rings. The van der Waals surface area contributed by atoms with Gasteiger partial charge in [0.05, 0.1) is 18.1 Å². The third kappa shape index (κ3) is 6.71. The third-order valence-electron chi connectivity index (χ3n) is 1.53. The molecule has 0 spiro atoms. The van der Waals surface area contributed by atoms with Crippen LogP contribution in [-0.2, 0) is 24.7 Å². The number of rotatable bonds is 7. The topological polar surface area (TPSA) is 138 Å². The smallest absolute Gasteiger partial charge is 0.324 e. The fraction of sp³-hybridized carbons (Fsp3) is 0.833. The Morgan fingerprint density at radius 3 is 2.06 bits per heavy atom. The van der Waals surface area contributed by atoms with Crippen molar-refractivity contribution in [2.24, 2.45) is 0 Å². The fourth-order valence-electron chi connectivity index (χ4n) is 0.703. The normalized spacial score (nSPS) is 14.6. The van der Waals surface area contributed by atoms with Crippen molar-refractivity contribution in [3.8, 4) is 0 Å². The summed E-state index contributed by atoms with van der Waals surface area (Å²) in [5.74, 6) is -2.89. The zero-order chi connectivity index (χ0) is 13.0. The molecule has 1 atom stereocenters. The van der Waals surface area contributed by atoms with Gasteiger partial charge in [-0.25, -0.2) is 16.8 Å². The first-order valence-corrected chi connectivity index (χ1v) is 7.80. The van der Waals surface area contributed by atoms with E-state index in [0.29, 0.717) is 0 Å². The van der Waals surface area contributed by atoms with E-state index in [9.17, 15) is 21.6 Å². The minimum absolute atomic E-state index is 0.611. The average Bonchev–Trinajstić information content (AvgIpc) is 2.10. The molecule has 16 heavy (non-hydrogen) atoms. The summed E-state index contributed by atoms with van der Waals surface area (Å²) in [6.45, 7) is -0.909. The van der Waals surface area contributed by atoms with Gasteiger partial charge in [0, 0.05) is 6.26 Å². The first kappa shape index (κ1) is 15.3. The van der Waals surface area contributed by atoms with Crippen molar-refractivity contribution in [2.45, 2.75) is 6.04 Å². The molecule has 0 unspecified atom stereocenters. The van der Waals surface area contributed by atoms with Crippen LogP contribution in [0.4, 0.5) is 0 Å². The van der Waals surface area contributed by atoms with Crippen molar-refractivity contribution in [3.63, 3.8) is 0 Å². The predicted octanol–water partition coefficient (Wildman–Crippen LogP) is -2.60. The van der Waals surface area contributed by atoms with E-state index in [1.54, 1.807) is 4.72 Å². The quantitative estimate of drug-likeness (QED) is 0.463. The van der Waals surface area contributed by atoms with E-state index in [1.165, 1.54) is 0 Å². The maximum atomic E-state index is 11.2. The average molecular weight is 275 g/mol. The van der Waals surface area contributed by atoms with Gasteiger partial charge < -0.3 is 10.2 Å². The Bertz CT molecular complexity index is 437. The van der Waals surface area contributed by atoms with Gasteiger partial charge in [0.15, 0.2) is 0 Å². The number of aliphatic carboxylic acids is 1. The second kappa shape index (κ2) is 5.57. The van der Waals surface area contributed by atoms with Crippen LogP contribution in [0.15, 0.2) is 0 Å². The van der Waals surface area contributed by atoms with Gasteiger partial charge in [0.25, 0.3) is 0 Å². The van der Waals surface area contributed by atoms with Gasteiger partial charge in [-0.2, -0.15) is 4.72 Å². The number of aliphatic hydroxyl groups excluding tert-OH is 1. The van der Waals surface area contributed by atoms with Gasteiger partial charge in [-0.05, 0) is 0 Å². The van der Waals surface area contributed by atoms with Crippen LogP contribution in [0.25, 0.3) is 0 Å². The van der Waals surface area contributed by atoms with Crippen molar-refractivity contribution >= 4 is 25.8 Å². The van der Waals surface area contributed by atoms with Crippen molar-refractivity contribution in [3.05, 3.63) is 0 Å². The lowest BCUT2D eigenvalue weighted by atomic mass is 10.3. The Morgan fingerprint density at radius 1 is 1.25 bits per heavy atom. The fourth-order valence-corrected chi connectivity index (χ4v) is 3.52. The SMILES string of the molecule is CS(=O)(=O)CCS(=O)(=O)N[C@@H](CO)C(=O)O. The number of sulfone groups is 1. The minimum Gasteiger partial charge on any atom is -0.480 e. The second-order valence-corrected chi connectivity index (χ2v) is 7.27. The Hall–Kier alpha value is -0.710. The van der Waals surface area contributed by atoms with E-state index in [-0.39, 0.29) is 0 Å². The zero-order valence-electron chi connectivity index (χ0n) is 8.45. The molecule has 0 aromatic rings. The van der Waals surface area contributed by atoms with Crippen LogP contribution in [0.2, 0.25) is 0 Å². The third-order valence-corrected chi connectivity index (χ3v) is 4.11. The van der Waals surface area contributed by atoms with Crippen LogP contribution in [0.1, 0.15) is 0 Å². The highest BCUT2D eigenvalue weighted by Crippen LogP contribution is 1.93. The molecule has 0 bridgehead atoms. The highest BCUT2D eigenvalue weighted by molar-refractivity contribution is 7.93. The van der Waals surface area contributed by atoms with Crippen molar-refractivity contribution in [2.75, 3.05) is 24.4 Å². The molecule has 3 N–H and O–H groups in total. The lowest BCUT2D eigenvalue weighted by Crippen LogP contribution is -2.44. The van der Waals surface area contributed by atoms with Crippen molar-refractivity contribution in [1.82, 2.24) is 4.72 Å². The number of carboxylic acid groups (broad SMARTS) is 1. The molecule has 0 aliphatic carbocycles. The van der Waals surface area contributed by atoms with Gasteiger partial charge in [-0.3, -0.25) is 4.79 Å². The Balaban J connectivity index is 4.52. The van der Waals surface area contributed by atoms with Gasteiger partial charge >= 0.3 is 5.97 Å². The summed E-state index contributed by atoms with van der Waals surface area (Å²) in [6, 6.07) is -1.66. The molecule has 0 aromatic carbocycles. The lowest BCUT2D eigenvalue weighted by Gasteiger charge is -2.11. The minimum atomic E-state index is -4.04. The van der Waals surface area contributed by atoms with Gasteiger partial charge in [-0.15, -0.1) is 0 Å². The molecule has 0 heterocycles. The molecule has 0 aliphatic heterocycles. The van der Waals surface area contributed by atoms with Crippen LogP contribution in [-0.4, -0.2) is 63.4 Å². The number of aliphatic hydroxyl groups is 1. The molecule has 0 saturated heterocycles. The Morgan fingerprint density at radius 2 is 1.75 bits per heavy atom. The van der Waals surface area contributed by atoms with E-state index in [0.717, 1.165) is 6.26 Å². The summed E-state index contributed by atoms with van der Waals surface area (Å²) in [6.07, 6.45) is 0.864. The number of hydrogen-bond donors (Lipinski definition) is 3. The van der Waals surface area contributed by atoms with E-state index in [1.807, 2.05) is 0 Å². The monoisotopic (exact) mass is 275 g/mol. The summed E-state index contributed by atoms with van der Waals surface area (Å²) in [5.41, 5.74) is 0. The molecule has 0 amide bonds. The number of carboxylic acids is 1. The molecule has 10 heteroatoms. The number of carbonyl (C=O) groups is 1. The Labute approximate surface area is 93.2 Å². The predicted molar refractivity (Wildman–Crippen MR) is 55.1 cm³/mol. The first-order chi connectivity index (χ1) is 7.07. The van der Waals surface area contributed by atoms with Crippen molar-refractivity contribution in [1.29, 1.82) is 0 Å². The van der Waals surface area contributed by atoms with Gasteiger partial charge in [-0.1, -0.05) is 0 Å². The van der Waals surface area contributed by atoms with Gasteiger partial charge in [0.2, 0.25) is 10.0 Å². The van der Waals surface area contributed by atoms with Crippen molar-refractivity contribution < 1.29 is 31.8 Å². The van der Waals surface area contributed by atoms with Crippen LogP contribution in [0, 0.1) is 0 Å². The van der Waals surface area contributed by atoms with Crippen LogP contribution in [0.3, 0.4) is 0 Å². The van der Waals surface area contributed by atoms with Crippen LogP contribution in [0.5, 0.6) is 0 Å². The molecular formula is C6H13NO7S2. The summed E-state index contributed by atoms with van der Waals surface area (Å²) in [5, 5.41) is 17.0. The maximum absolute atomic E-state index is 11.2. The first-order valence-electron chi connectivity index (χ1n) is 4.09. The number of sulfonamides is 1. The second-order valence-electron chi connectivity index (χ2n) is 3.14. The summed E-state index contributed by atoms with van der Waals surface area (Å²) >= 11 is 0. The highest BCUT2D eigenvalue weighted by atomic mass is 32.2. The summed E-state index contributed by atoms with van der Waals surface area (Å²) in [4.78, 5) is 10.4. The van der Waals surface area contributed by atoms with E-state index >= 15 is 0 Å². The molecule has 0 aliphatic rings. The molecule has 0 saturated carbocycles. The number of nitrogens with one attached hydrogen (secondary N) is 1. The van der Waals surface area contributed by atoms with E-state index < -0.39 is 50.0 Å². The molecular weight excluding hydrogens is 262 g/mol. The Kier molecular flexibility index (Phi) is 5.32. The lowest BCUT2D eigenvalue weighted by molar-refractivity contribution is -0.139. The van der Waals surface area contributed by atoms with Gasteiger partial charge in [0.1, 0.15) is 15.9 Å². The van der Waals surface area contributed by atoms with E-state index in [4.69, 9.17) is 10.2 Å². The standard InChI is InChI=1S/C6H13NO7S2/c1-15(11,12)2-3-16(13,14)7-5(4-8)6(9)10/h5,7-8H,2-4H2,1H3,(H,9,10)/t5-/m0/s1. The molecule has 8 nitrogen and oxygen atoms in total. The molecule has 96 valence electrons. The zero-order valence-corrected chi connectivity index (χ0v) is 10.1. The van der Waals surface area contributed by atoms with E-state index in [2.05, 4.69) is 0 Å². The summed E-state index contributed by atoms with van der Waals surface area (Å²) < 4.78 is 45.5. The summed E-state index contributed by atoms with van der Waals surface area (Å²) in [7, 11) is -7.49. The maximum Gasteiger partial charge on any atom is 0.324 e. The molecule has 0 rings (SSSR count). The largest absolute Gasteiger partial charge is 0.480 e. The molecule has 0 aromatic heterocycles. The molecule has 0 radical (unpaired) electrons. The van der Waals surface area contributed by atoms with Crippen LogP contribution >= 0.6 is 0 Å².